The molecule has 0 saturated carbocycles. The van der Waals surface area contributed by atoms with Crippen LogP contribution in [-0.4, -0.2) is 35.9 Å². The number of fused-ring (bicyclic) bond motifs is 1. The van der Waals surface area contributed by atoms with Crippen molar-refractivity contribution >= 4 is 46.0 Å². The van der Waals surface area contributed by atoms with E-state index in [1.807, 2.05) is 38.1 Å². The van der Waals surface area contributed by atoms with Crippen LogP contribution in [0.15, 0.2) is 42.5 Å². The Kier molecular flexibility index (Phi) is 7.43. The number of aryl methyl sites for hydroxylation is 2. The number of halogens is 1. The molecule has 0 unspecified atom stereocenters. The number of hydrogen-bond donors (Lipinski definition) is 2. The molecule has 2 aromatic carbocycles. The summed E-state index contributed by atoms with van der Waals surface area (Å²) in [5.74, 6) is -1.62. The Bertz CT molecular complexity index is 1190. The zero-order valence-corrected chi connectivity index (χ0v) is 18.9. The number of esters is 1. The first-order chi connectivity index (χ1) is 15.3. The molecule has 2 N–H and O–H groups in total. The van der Waals surface area contributed by atoms with E-state index in [0.717, 1.165) is 22.0 Å². The number of pyridine rings is 1. The van der Waals surface area contributed by atoms with Crippen molar-refractivity contribution in [3.05, 3.63) is 69.9 Å². The van der Waals surface area contributed by atoms with Crippen LogP contribution in [-0.2, 0) is 20.7 Å². The van der Waals surface area contributed by atoms with Gasteiger partial charge < -0.3 is 15.4 Å². The lowest BCUT2D eigenvalue weighted by Gasteiger charge is -2.13. The number of anilines is 1. The highest BCUT2D eigenvalue weighted by atomic mass is 35.5. The average Bonchev–Trinajstić information content (AvgIpc) is 2.79. The van der Waals surface area contributed by atoms with Crippen molar-refractivity contribution < 1.29 is 19.1 Å². The quantitative estimate of drug-likeness (QED) is 0.527. The van der Waals surface area contributed by atoms with Crippen molar-refractivity contribution in [2.45, 2.75) is 27.2 Å². The maximum Gasteiger partial charge on any atom is 0.340 e. The van der Waals surface area contributed by atoms with Gasteiger partial charge >= 0.3 is 5.97 Å². The molecule has 0 bridgehead atoms. The van der Waals surface area contributed by atoms with Gasteiger partial charge in [-0.25, -0.2) is 4.79 Å². The molecule has 0 aliphatic rings. The van der Waals surface area contributed by atoms with Gasteiger partial charge in [0, 0.05) is 16.1 Å². The van der Waals surface area contributed by atoms with Crippen LogP contribution < -0.4 is 10.6 Å². The van der Waals surface area contributed by atoms with E-state index in [2.05, 4.69) is 15.6 Å². The van der Waals surface area contributed by atoms with Gasteiger partial charge in [-0.2, -0.15) is 0 Å². The lowest BCUT2D eigenvalue weighted by atomic mass is 10.0. The molecule has 0 spiro atoms. The van der Waals surface area contributed by atoms with Crippen LogP contribution in [0.1, 0.15) is 34.1 Å². The largest absolute Gasteiger partial charge is 0.452 e. The zero-order valence-electron chi connectivity index (χ0n) is 18.1. The number of para-hydroxylation sites is 1. The SMILES string of the molecule is CCc1nc2ccccc2c(C)c1C(=O)OCC(=O)NCC(=O)Nc1cccc(Cl)c1C. The highest BCUT2D eigenvalue weighted by Crippen LogP contribution is 2.24. The van der Waals surface area contributed by atoms with Crippen LogP contribution in [0, 0.1) is 13.8 Å². The smallest absolute Gasteiger partial charge is 0.340 e. The molecule has 0 saturated heterocycles. The Hall–Kier alpha value is -3.45. The monoisotopic (exact) mass is 453 g/mol. The van der Waals surface area contributed by atoms with E-state index >= 15 is 0 Å². The van der Waals surface area contributed by atoms with Crippen molar-refractivity contribution in [1.29, 1.82) is 0 Å². The summed E-state index contributed by atoms with van der Waals surface area (Å²) in [5.41, 5.74) is 3.84. The number of carbonyl (C=O) groups is 3. The third kappa shape index (κ3) is 5.23. The average molecular weight is 454 g/mol. The van der Waals surface area contributed by atoms with Gasteiger partial charge in [0.1, 0.15) is 0 Å². The minimum absolute atomic E-state index is 0.265. The second-order valence-electron chi connectivity index (χ2n) is 7.24. The third-order valence-corrected chi connectivity index (χ3v) is 5.50. The van der Waals surface area contributed by atoms with E-state index in [4.69, 9.17) is 16.3 Å². The first-order valence-corrected chi connectivity index (χ1v) is 10.6. The van der Waals surface area contributed by atoms with Gasteiger partial charge in [0.15, 0.2) is 6.61 Å². The molecular formula is C24H24ClN3O4. The molecule has 32 heavy (non-hydrogen) atoms. The Balaban J connectivity index is 1.58. The minimum Gasteiger partial charge on any atom is -0.452 e. The number of amides is 2. The van der Waals surface area contributed by atoms with Gasteiger partial charge in [-0.05, 0) is 49.6 Å². The highest BCUT2D eigenvalue weighted by molar-refractivity contribution is 6.31. The van der Waals surface area contributed by atoms with Crippen LogP contribution in [0.5, 0.6) is 0 Å². The number of nitrogens with zero attached hydrogens (tertiary/aromatic N) is 1. The van der Waals surface area contributed by atoms with Gasteiger partial charge in [0.2, 0.25) is 5.91 Å². The van der Waals surface area contributed by atoms with E-state index in [-0.39, 0.29) is 6.54 Å². The molecule has 7 nitrogen and oxygen atoms in total. The van der Waals surface area contributed by atoms with E-state index in [1.165, 1.54) is 0 Å². The molecule has 1 aromatic heterocycles. The maximum absolute atomic E-state index is 12.7. The molecule has 2 amide bonds. The number of carbonyl (C=O) groups excluding carboxylic acids is 3. The molecule has 1 heterocycles. The first kappa shape index (κ1) is 23.2. The fraction of sp³-hybridized carbons (Fsp3) is 0.250. The van der Waals surface area contributed by atoms with Gasteiger partial charge in [-0.3, -0.25) is 14.6 Å². The van der Waals surface area contributed by atoms with Gasteiger partial charge in [-0.15, -0.1) is 0 Å². The summed E-state index contributed by atoms with van der Waals surface area (Å²) in [6.07, 6.45) is 0.547. The van der Waals surface area contributed by atoms with Crippen LogP contribution in [0.3, 0.4) is 0 Å². The number of hydrogen-bond acceptors (Lipinski definition) is 5. The molecule has 3 aromatic rings. The van der Waals surface area contributed by atoms with Crippen LogP contribution in [0.4, 0.5) is 5.69 Å². The molecule has 166 valence electrons. The van der Waals surface area contributed by atoms with Crippen molar-refractivity contribution in [2.24, 2.45) is 0 Å². The number of benzene rings is 2. The Morgan fingerprint density at radius 1 is 1.00 bits per heavy atom. The predicted molar refractivity (Wildman–Crippen MR) is 124 cm³/mol. The summed E-state index contributed by atoms with van der Waals surface area (Å²) < 4.78 is 5.21. The van der Waals surface area contributed by atoms with Crippen molar-refractivity contribution in [2.75, 3.05) is 18.5 Å². The standard InChI is InChI=1S/C24H24ClN3O4/c1-4-18-23(14(2)16-8-5-6-10-20(16)27-18)24(31)32-13-22(30)26-12-21(29)28-19-11-7-9-17(25)15(19)3/h5-11H,4,12-13H2,1-3H3,(H,26,30)(H,28,29). The van der Waals surface area contributed by atoms with Crippen molar-refractivity contribution in [1.82, 2.24) is 10.3 Å². The molecule has 3 rings (SSSR count). The topological polar surface area (TPSA) is 97.4 Å². The van der Waals surface area contributed by atoms with E-state index in [9.17, 15) is 14.4 Å². The molecule has 0 fully saturated rings. The van der Waals surface area contributed by atoms with Gasteiger partial charge in [-0.1, -0.05) is 42.8 Å². The number of rotatable bonds is 7. The van der Waals surface area contributed by atoms with E-state index < -0.39 is 24.4 Å². The molecule has 0 atom stereocenters. The second-order valence-corrected chi connectivity index (χ2v) is 7.65. The lowest BCUT2D eigenvalue weighted by molar-refractivity contribution is -0.126. The van der Waals surface area contributed by atoms with E-state index in [0.29, 0.717) is 28.4 Å². The van der Waals surface area contributed by atoms with Crippen LogP contribution >= 0.6 is 11.6 Å². The fourth-order valence-corrected chi connectivity index (χ4v) is 3.51. The summed E-state index contributed by atoms with van der Waals surface area (Å²) in [6, 6.07) is 12.7. The lowest BCUT2D eigenvalue weighted by Crippen LogP contribution is -2.35. The summed E-state index contributed by atoms with van der Waals surface area (Å²) in [7, 11) is 0. The molecule has 0 radical (unpaired) electrons. The molecule has 8 heteroatoms. The fourth-order valence-electron chi connectivity index (χ4n) is 3.34. The maximum atomic E-state index is 12.7. The number of nitrogens with one attached hydrogen (secondary N) is 2. The van der Waals surface area contributed by atoms with Gasteiger partial charge in [0.05, 0.1) is 23.3 Å². The predicted octanol–water partition coefficient (Wildman–Crippen LogP) is 3.98. The first-order valence-electron chi connectivity index (χ1n) is 10.2. The minimum atomic E-state index is -0.619. The summed E-state index contributed by atoms with van der Waals surface area (Å²) in [6.45, 7) is 4.75. The van der Waals surface area contributed by atoms with Crippen molar-refractivity contribution in [3.63, 3.8) is 0 Å². The van der Waals surface area contributed by atoms with Gasteiger partial charge in [0.25, 0.3) is 5.91 Å². The van der Waals surface area contributed by atoms with Crippen LogP contribution in [0.2, 0.25) is 5.02 Å². The summed E-state index contributed by atoms with van der Waals surface area (Å²) >= 11 is 6.04. The zero-order chi connectivity index (χ0) is 23.3. The Morgan fingerprint density at radius 2 is 1.75 bits per heavy atom. The third-order valence-electron chi connectivity index (χ3n) is 5.09. The summed E-state index contributed by atoms with van der Waals surface area (Å²) in [4.78, 5) is 41.5. The Morgan fingerprint density at radius 3 is 2.50 bits per heavy atom. The Labute approximate surface area is 191 Å². The highest BCUT2D eigenvalue weighted by Gasteiger charge is 2.20. The summed E-state index contributed by atoms with van der Waals surface area (Å²) in [5, 5.41) is 6.51. The van der Waals surface area contributed by atoms with Crippen LogP contribution in [0.25, 0.3) is 10.9 Å². The number of ether oxygens (including phenoxy) is 1. The molecule has 0 aliphatic carbocycles. The van der Waals surface area contributed by atoms with E-state index in [1.54, 1.807) is 25.1 Å². The second kappa shape index (κ2) is 10.2. The molecular weight excluding hydrogens is 430 g/mol. The number of aromatic nitrogens is 1. The normalized spacial score (nSPS) is 10.6. The van der Waals surface area contributed by atoms with Crippen molar-refractivity contribution in [3.8, 4) is 0 Å². The molecule has 0 aliphatic heterocycles.